The second-order valence-electron chi connectivity index (χ2n) is 7.53. The monoisotopic (exact) mass is 474 g/mol. The van der Waals surface area contributed by atoms with Gasteiger partial charge in [0, 0.05) is 4.47 Å². The van der Waals surface area contributed by atoms with Crippen molar-refractivity contribution in [3.05, 3.63) is 81.8 Å². The molecule has 2 aliphatic heterocycles. The lowest BCUT2D eigenvalue weighted by Crippen LogP contribution is -2.42. The van der Waals surface area contributed by atoms with E-state index >= 15 is 0 Å². The fourth-order valence-corrected chi connectivity index (χ4v) is 4.80. The molecule has 1 fully saturated rings. The lowest BCUT2D eigenvalue weighted by Gasteiger charge is -2.37. The Morgan fingerprint density at radius 3 is 2.55 bits per heavy atom. The Hall–Kier alpha value is -3.42. The minimum atomic E-state index is -1.79. The molecule has 0 unspecified atom stereocenters. The van der Waals surface area contributed by atoms with E-state index in [0.717, 1.165) is 21.2 Å². The van der Waals surface area contributed by atoms with Crippen LogP contribution >= 0.6 is 15.9 Å². The van der Waals surface area contributed by atoms with Crippen molar-refractivity contribution >= 4 is 28.1 Å². The third kappa shape index (κ3) is 2.89. The fourth-order valence-electron chi connectivity index (χ4n) is 4.54. The normalized spacial score (nSPS) is 22.8. The van der Waals surface area contributed by atoms with Gasteiger partial charge in [0.25, 0.3) is 5.54 Å². The van der Waals surface area contributed by atoms with Crippen LogP contribution in [0.25, 0.3) is 0 Å². The standard InChI is InChI=1S/C24H19BrN4O2/c1-3-31-22(30)24(12-17-8-10-19(25)11-9-17)16(2)23(14-26,15-27)29-21(24)20-7-5-4-6-18(20)13-28-29/h4-11,13,21H,2-3,12H2,1H3/t21-,24-/m0/s1. The molecule has 2 atom stereocenters. The van der Waals surface area contributed by atoms with E-state index < -0.39 is 23.0 Å². The average molecular weight is 475 g/mol. The molecular weight excluding hydrogens is 456 g/mol. The maximum absolute atomic E-state index is 13.6. The van der Waals surface area contributed by atoms with E-state index in [1.165, 1.54) is 5.01 Å². The van der Waals surface area contributed by atoms with E-state index in [2.05, 4.69) is 39.7 Å². The zero-order valence-corrected chi connectivity index (χ0v) is 18.5. The van der Waals surface area contributed by atoms with Gasteiger partial charge in [0.15, 0.2) is 0 Å². The molecule has 0 amide bonds. The van der Waals surface area contributed by atoms with Gasteiger partial charge in [0.1, 0.15) is 17.6 Å². The molecule has 0 spiro atoms. The largest absolute Gasteiger partial charge is 0.465 e. The van der Waals surface area contributed by atoms with E-state index in [9.17, 15) is 15.3 Å². The molecule has 0 radical (unpaired) electrons. The van der Waals surface area contributed by atoms with Crippen molar-refractivity contribution in [2.24, 2.45) is 10.5 Å². The Balaban J connectivity index is 2.01. The number of rotatable bonds is 4. The molecule has 0 bridgehead atoms. The summed E-state index contributed by atoms with van der Waals surface area (Å²) in [5.74, 6) is -0.516. The van der Waals surface area contributed by atoms with Gasteiger partial charge >= 0.3 is 5.97 Å². The predicted octanol–water partition coefficient (Wildman–Crippen LogP) is 4.29. The quantitative estimate of drug-likeness (QED) is 0.486. The maximum Gasteiger partial charge on any atom is 0.319 e. The van der Waals surface area contributed by atoms with Crippen LogP contribution in [-0.4, -0.2) is 29.3 Å². The Morgan fingerprint density at radius 2 is 1.90 bits per heavy atom. The maximum atomic E-state index is 13.6. The molecule has 0 aromatic heterocycles. The lowest BCUT2D eigenvalue weighted by atomic mass is 9.67. The molecule has 4 rings (SSSR count). The van der Waals surface area contributed by atoms with E-state index in [4.69, 9.17) is 4.74 Å². The van der Waals surface area contributed by atoms with Gasteiger partial charge in [0.05, 0.1) is 18.9 Å². The highest BCUT2D eigenvalue weighted by atomic mass is 79.9. The Bertz CT molecular complexity index is 1160. The summed E-state index contributed by atoms with van der Waals surface area (Å²) < 4.78 is 6.44. The third-order valence-electron chi connectivity index (χ3n) is 6.00. The van der Waals surface area contributed by atoms with Crippen molar-refractivity contribution in [2.75, 3.05) is 6.61 Å². The van der Waals surface area contributed by atoms with Crippen LogP contribution in [0.15, 0.2) is 70.3 Å². The molecular formula is C24H19BrN4O2. The summed E-state index contributed by atoms with van der Waals surface area (Å²) in [6.07, 6.45) is 1.83. The Morgan fingerprint density at radius 1 is 1.23 bits per heavy atom. The van der Waals surface area contributed by atoms with E-state index in [0.29, 0.717) is 0 Å². The topological polar surface area (TPSA) is 89.5 Å². The van der Waals surface area contributed by atoms with Gasteiger partial charge in [-0.1, -0.05) is 58.9 Å². The highest BCUT2D eigenvalue weighted by molar-refractivity contribution is 9.10. The third-order valence-corrected chi connectivity index (χ3v) is 6.53. The summed E-state index contributed by atoms with van der Waals surface area (Å²) in [7, 11) is 0. The number of fused-ring (bicyclic) bond motifs is 3. The number of ether oxygens (including phenoxy) is 1. The van der Waals surface area contributed by atoms with Crippen LogP contribution in [0.2, 0.25) is 0 Å². The summed E-state index contributed by atoms with van der Waals surface area (Å²) >= 11 is 3.43. The number of esters is 1. The van der Waals surface area contributed by atoms with Gasteiger partial charge in [-0.05, 0) is 47.7 Å². The minimum Gasteiger partial charge on any atom is -0.465 e. The van der Waals surface area contributed by atoms with Crippen molar-refractivity contribution in [3.8, 4) is 12.1 Å². The molecule has 0 N–H and O–H groups in total. The van der Waals surface area contributed by atoms with Crippen LogP contribution < -0.4 is 0 Å². The minimum absolute atomic E-state index is 0.165. The van der Waals surface area contributed by atoms with Gasteiger partial charge in [-0.25, -0.2) is 0 Å². The van der Waals surface area contributed by atoms with Crippen LogP contribution in [0.3, 0.4) is 0 Å². The highest BCUT2D eigenvalue weighted by Crippen LogP contribution is 2.60. The lowest BCUT2D eigenvalue weighted by molar-refractivity contribution is -0.155. The van der Waals surface area contributed by atoms with E-state index in [1.54, 1.807) is 13.1 Å². The van der Waals surface area contributed by atoms with Gasteiger partial charge in [0.2, 0.25) is 0 Å². The second kappa shape index (κ2) is 7.68. The summed E-state index contributed by atoms with van der Waals surface area (Å²) in [4.78, 5) is 13.6. The first-order chi connectivity index (χ1) is 14.9. The molecule has 6 nitrogen and oxygen atoms in total. The van der Waals surface area contributed by atoms with Crippen LogP contribution in [-0.2, 0) is 16.0 Å². The molecule has 2 aromatic carbocycles. The van der Waals surface area contributed by atoms with Gasteiger partial charge in [-0.3, -0.25) is 9.80 Å². The number of hydrogen-bond donors (Lipinski definition) is 0. The SMILES string of the molecule is C=C1C(C#N)(C#N)N2N=Cc3ccccc3[C@H]2[C@@]1(Cc1ccc(Br)cc1)C(=O)OCC. The first-order valence-corrected chi connectivity index (χ1v) is 10.6. The van der Waals surface area contributed by atoms with Crippen molar-refractivity contribution < 1.29 is 9.53 Å². The van der Waals surface area contributed by atoms with Crippen LogP contribution in [0, 0.1) is 28.1 Å². The summed E-state index contributed by atoms with van der Waals surface area (Å²) in [5.41, 5.74) is -0.495. The average Bonchev–Trinajstić information content (AvgIpc) is 3.01. The molecule has 2 heterocycles. The van der Waals surface area contributed by atoms with Crippen molar-refractivity contribution in [3.63, 3.8) is 0 Å². The molecule has 0 aliphatic carbocycles. The number of nitriles is 2. The molecule has 31 heavy (non-hydrogen) atoms. The number of benzene rings is 2. The fraction of sp³-hybridized carbons (Fsp3) is 0.250. The van der Waals surface area contributed by atoms with Gasteiger partial charge in [-0.15, -0.1) is 0 Å². The van der Waals surface area contributed by atoms with Crippen LogP contribution in [0.4, 0.5) is 0 Å². The number of nitrogens with zero attached hydrogens (tertiary/aromatic N) is 4. The zero-order valence-electron chi connectivity index (χ0n) is 16.9. The zero-order chi connectivity index (χ0) is 22.2. The summed E-state index contributed by atoms with van der Waals surface area (Å²) in [5, 5.41) is 26.1. The molecule has 2 aliphatic rings. The smallest absolute Gasteiger partial charge is 0.319 e. The van der Waals surface area contributed by atoms with Crippen molar-refractivity contribution in [2.45, 2.75) is 24.9 Å². The predicted molar refractivity (Wildman–Crippen MR) is 119 cm³/mol. The Kier molecular flexibility index (Phi) is 5.16. The van der Waals surface area contributed by atoms with Crippen LogP contribution in [0.1, 0.15) is 29.7 Å². The number of hydrazone groups is 1. The van der Waals surface area contributed by atoms with Gasteiger partial charge in [-0.2, -0.15) is 15.6 Å². The summed E-state index contributed by atoms with van der Waals surface area (Å²) in [6, 6.07) is 18.6. The molecule has 2 aromatic rings. The first kappa shape index (κ1) is 20.8. The number of halogens is 1. The van der Waals surface area contributed by atoms with E-state index in [-0.39, 0.29) is 18.6 Å². The van der Waals surface area contributed by atoms with Gasteiger partial charge < -0.3 is 4.74 Å². The molecule has 7 heteroatoms. The molecule has 1 saturated heterocycles. The Labute approximate surface area is 189 Å². The van der Waals surface area contributed by atoms with Crippen LogP contribution in [0.5, 0.6) is 0 Å². The first-order valence-electron chi connectivity index (χ1n) is 9.81. The number of hydrogen-bond acceptors (Lipinski definition) is 6. The highest BCUT2D eigenvalue weighted by Gasteiger charge is 2.69. The van der Waals surface area contributed by atoms with Crippen molar-refractivity contribution in [1.82, 2.24) is 5.01 Å². The number of carbonyl (C=O) groups is 1. The molecule has 154 valence electrons. The molecule has 0 saturated carbocycles. The summed E-state index contributed by atoms with van der Waals surface area (Å²) in [6.45, 7) is 6.04. The number of carbonyl (C=O) groups excluding carboxylic acids is 1. The van der Waals surface area contributed by atoms with E-state index in [1.807, 2.05) is 48.5 Å². The second-order valence-corrected chi connectivity index (χ2v) is 8.44. The van der Waals surface area contributed by atoms with Crippen molar-refractivity contribution in [1.29, 1.82) is 10.5 Å².